The van der Waals surface area contributed by atoms with E-state index in [0.29, 0.717) is 13.0 Å². The van der Waals surface area contributed by atoms with E-state index in [1.807, 2.05) is 13.8 Å². The van der Waals surface area contributed by atoms with Crippen LogP contribution in [0.5, 0.6) is 0 Å². The molecule has 0 spiro atoms. The van der Waals surface area contributed by atoms with E-state index < -0.39 is 11.8 Å². The summed E-state index contributed by atoms with van der Waals surface area (Å²) in [6.45, 7) is 4.13. The summed E-state index contributed by atoms with van der Waals surface area (Å²) in [7, 11) is 0. The number of ether oxygens (including phenoxy) is 3. The van der Waals surface area contributed by atoms with Crippen LogP contribution >= 0.6 is 0 Å². The Bertz CT molecular complexity index is 253. The first kappa shape index (κ1) is 9.89. The highest BCUT2D eigenvalue weighted by Crippen LogP contribution is 2.29. The number of nitrogens with two attached hydrogens (primary N) is 1. The lowest BCUT2D eigenvalue weighted by molar-refractivity contribution is -0.162. The van der Waals surface area contributed by atoms with Gasteiger partial charge in [-0.3, -0.25) is 4.79 Å². The van der Waals surface area contributed by atoms with Crippen molar-refractivity contribution >= 4 is 5.97 Å². The number of hydrogen-bond acceptors (Lipinski definition) is 5. The minimum Gasteiger partial charge on any atom is -0.458 e. The molecule has 2 heterocycles. The molecule has 0 radical (unpaired) electrons. The number of cyclic esters (lactones) is 1. The third-order valence-electron chi connectivity index (χ3n) is 2.50. The molecule has 0 aliphatic carbocycles. The summed E-state index contributed by atoms with van der Waals surface area (Å²) in [6.07, 6.45) is 0.0879. The van der Waals surface area contributed by atoms with Crippen LogP contribution in [0.4, 0.5) is 0 Å². The molecule has 5 heteroatoms. The fourth-order valence-electron chi connectivity index (χ4n) is 1.76. The minimum absolute atomic E-state index is 0.178. The van der Waals surface area contributed by atoms with Crippen molar-refractivity contribution in [1.29, 1.82) is 0 Å². The van der Waals surface area contributed by atoms with Crippen LogP contribution in [0, 0.1) is 0 Å². The lowest BCUT2D eigenvalue weighted by atomic mass is 10.1. The smallest absolute Gasteiger partial charge is 0.323 e. The molecule has 2 fully saturated rings. The van der Waals surface area contributed by atoms with Gasteiger partial charge in [0, 0.05) is 6.42 Å². The molecule has 0 aromatic rings. The molecule has 2 N–H and O–H groups in total. The number of esters is 1. The van der Waals surface area contributed by atoms with Crippen molar-refractivity contribution in [3.05, 3.63) is 0 Å². The van der Waals surface area contributed by atoms with Gasteiger partial charge in [-0.05, 0) is 13.8 Å². The Kier molecular flexibility index (Phi) is 2.25. The zero-order valence-corrected chi connectivity index (χ0v) is 8.36. The number of carbonyl (C=O) groups excluding carboxylic acids is 1. The average molecular weight is 201 g/mol. The SMILES string of the molecule is CC1(C)OCC(C2CC(N)C(=O)O2)O1. The Morgan fingerprint density at radius 1 is 1.43 bits per heavy atom. The first-order valence-corrected chi connectivity index (χ1v) is 4.76. The number of hydrogen-bond donors (Lipinski definition) is 1. The van der Waals surface area contributed by atoms with Crippen molar-refractivity contribution in [2.75, 3.05) is 6.61 Å². The zero-order valence-electron chi connectivity index (χ0n) is 8.36. The van der Waals surface area contributed by atoms with Crippen LogP contribution in [-0.4, -0.2) is 36.6 Å². The lowest BCUT2D eigenvalue weighted by Crippen LogP contribution is -2.31. The quantitative estimate of drug-likeness (QED) is 0.594. The van der Waals surface area contributed by atoms with Crippen LogP contribution < -0.4 is 5.73 Å². The summed E-state index contributed by atoms with van der Waals surface area (Å²) >= 11 is 0. The fourth-order valence-corrected chi connectivity index (χ4v) is 1.76. The second-order valence-electron chi connectivity index (χ2n) is 4.18. The van der Waals surface area contributed by atoms with Gasteiger partial charge in [0.25, 0.3) is 0 Å². The van der Waals surface area contributed by atoms with Crippen molar-refractivity contribution in [1.82, 2.24) is 0 Å². The third kappa shape index (κ3) is 1.75. The zero-order chi connectivity index (χ0) is 10.3. The number of rotatable bonds is 1. The van der Waals surface area contributed by atoms with E-state index in [4.69, 9.17) is 19.9 Å². The Hall–Kier alpha value is -0.650. The Labute approximate surface area is 82.5 Å². The molecule has 0 saturated carbocycles. The summed E-state index contributed by atoms with van der Waals surface area (Å²) in [5.74, 6) is -0.924. The highest BCUT2D eigenvalue weighted by molar-refractivity contribution is 5.77. The monoisotopic (exact) mass is 201 g/mol. The highest BCUT2D eigenvalue weighted by atomic mass is 16.8. The van der Waals surface area contributed by atoms with Crippen molar-refractivity contribution in [3.8, 4) is 0 Å². The predicted molar refractivity (Wildman–Crippen MR) is 47.4 cm³/mol. The van der Waals surface area contributed by atoms with E-state index >= 15 is 0 Å². The van der Waals surface area contributed by atoms with Crippen molar-refractivity contribution in [2.24, 2.45) is 5.73 Å². The maximum absolute atomic E-state index is 11.1. The third-order valence-corrected chi connectivity index (χ3v) is 2.50. The molecule has 0 aromatic heterocycles. The molecule has 14 heavy (non-hydrogen) atoms. The van der Waals surface area contributed by atoms with E-state index in [1.54, 1.807) is 0 Å². The van der Waals surface area contributed by atoms with Gasteiger partial charge in [0.15, 0.2) is 5.79 Å². The minimum atomic E-state index is -0.580. The summed E-state index contributed by atoms with van der Waals surface area (Å²) in [5.41, 5.74) is 5.53. The van der Waals surface area contributed by atoms with Crippen LogP contribution in [-0.2, 0) is 19.0 Å². The Balaban J connectivity index is 1.95. The van der Waals surface area contributed by atoms with Crippen molar-refractivity contribution < 1.29 is 19.0 Å². The van der Waals surface area contributed by atoms with E-state index in [-0.39, 0.29) is 18.2 Å². The topological polar surface area (TPSA) is 70.8 Å². The molecular formula is C9H15NO4. The molecule has 0 aromatic carbocycles. The van der Waals surface area contributed by atoms with Gasteiger partial charge in [0.2, 0.25) is 0 Å². The van der Waals surface area contributed by atoms with Gasteiger partial charge in [-0.15, -0.1) is 0 Å². The maximum atomic E-state index is 11.1. The van der Waals surface area contributed by atoms with E-state index in [9.17, 15) is 4.79 Å². The lowest BCUT2D eigenvalue weighted by Gasteiger charge is -2.19. The maximum Gasteiger partial charge on any atom is 0.323 e. The number of carbonyl (C=O) groups is 1. The van der Waals surface area contributed by atoms with Gasteiger partial charge in [-0.1, -0.05) is 0 Å². The molecule has 80 valence electrons. The molecule has 2 aliphatic rings. The average Bonchev–Trinajstić information content (AvgIpc) is 2.57. The van der Waals surface area contributed by atoms with E-state index in [1.165, 1.54) is 0 Å². The van der Waals surface area contributed by atoms with Crippen LogP contribution in [0.15, 0.2) is 0 Å². The molecule has 3 atom stereocenters. The Morgan fingerprint density at radius 2 is 2.14 bits per heavy atom. The summed E-state index contributed by atoms with van der Waals surface area (Å²) < 4.78 is 16.0. The molecule has 0 amide bonds. The molecular weight excluding hydrogens is 186 g/mol. The first-order valence-electron chi connectivity index (χ1n) is 4.76. The summed E-state index contributed by atoms with van der Waals surface area (Å²) in [4.78, 5) is 11.1. The molecule has 3 unspecified atom stereocenters. The normalized spacial score (nSPS) is 41.4. The van der Waals surface area contributed by atoms with Crippen LogP contribution in [0.3, 0.4) is 0 Å². The second-order valence-corrected chi connectivity index (χ2v) is 4.18. The van der Waals surface area contributed by atoms with Crippen molar-refractivity contribution in [2.45, 2.75) is 44.3 Å². The van der Waals surface area contributed by atoms with Gasteiger partial charge in [0.05, 0.1) is 6.61 Å². The molecule has 2 aliphatic heterocycles. The fraction of sp³-hybridized carbons (Fsp3) is 0.889. The standard InChI is InChI=1S/C9H15NO4/c1-9(2)12-4-7(14-9)6-3-5(10)8(11)13-6/h5-7H,3-4,10H2,1-2H3. The molecule has 5 nitrogen and oxygen atoms in total. The first-order chi connectivity index (χ1) is 6.48. The molecule has 0 bridgehead atoms. The van der Waals surface area contributed by atoms with Crippen LogP contribution in [0.2, 0.25) is 0 Å². The van der Waals surface area contributed by atoms with Crippen LogP contribution in [0.25, 0.3) is 0 Å². The highest BCUT2D eigenvalue weighted by Gasteiger charge is 2.43. The Morgan fingerprint density at radius 3 is 2.57 bits per heavy atom. The van der Waals surface area contributed by atoms with Crippen LogP contribution in [0.1, 0.15) is 20.3 Å². The van der Waals surface area contributed by atoms with Gasteiger partial charge in [0.1, 0.15) is 18.2 Å². The molecule has 2 rings (SSSR count). The summed E-state index contributed by atoms with van der Waals surface area (Å²) in [6, 6.07) is -0.507. The van der Waals surface area contributed by atoms with E-state index in [2.05, 4.69) is 0 Å². The second kappa shape index (κ2) is 3.18. The van der Waals surface area contributed by atoms with Crippen molar-refractivity contribution in [3.63, 3.8) is 0 Å². The summed E-state index contributed by atoms with van der Waals surface area (Å²) in [5, 5.41) is 0. The predicted octanol–water partition coefficient (Wildman–Crippen LogP) is -0.219. The largest absolute Gasteiger partial charge is 0.458 e. The van der Waals surface area contributed by atoms with Gasteiger partial charge < -0.3 is 19.9 Å². The van der Waals surface area contributed by atoms with Gasteiger partial charge in [-0.25, -0.2) is 0 Å². The van der Waals surface area contributed by atoms with Gasteiger partial charge in [-0.2, -0.15) is 0 Å². The van der Waals surface area contributed by atoms with Gasteiger partial charge >= 0.3 is 5.97 Å². The molecule has 2 saturated heterocycles. The van der Waals surface area contributed by atoms with E-state index in [0.717, 1.165) is 0 Å².